The Kier molecular flexibility index (Phi) is 3.76. The van der Waals surface area contributed by atoms with E-state index in [1.54, 1.807) is 21.3 Å². The third-order valence-corrected chi connectivity index (χ3v) is 7.49. The number of benzene rings is 3. The molecule has 2 unspecified atom stereocenters. The molecule has 29 heavy (non-hydrogen) atoms. The number of rotatable bonds is 3. The Morgan fingerprint density at radius 3 is 2.28 bits per heavy atom. The fourth-order valence-corrected chi connectivity index (χ4v) is 5.84. The minimum atomic E-state index is 0.679. The summed E-state index contributed by atoms with van der Waals surface area (Å²) in [6.07, 6.45) is 3.93. The molecule has 3 aromatic carbocycles. The Morgan fingerprint density at radius 2 is 1.52 bits per heavy atom. The van der Waals surface area contributed by atoms with E-state index >= 15 is 0 Å². The van der Waals surface area contributed by atoms with Gasteiger partial charge >= 0.3 is 0 Å². The molecule has 0 N–H and O–H groups in total. The van der Waals surface area contributed by atoms with Gasteiger partial charge in [-0.3, -0.25) is 4.90 Å². The molecule has 2 heterocycles. The maximum atomic E-state index is 5.66. The van der Waals surface area contributed by atoms with Crippen LogP contribution in [0, 0.1) is 11.8 Å². The van der Waals surface area contributed by atoms with Crippen LogP contribution < -0.4 is 14.2 Å². The molecule has 2 fully saturated rings. The van der Waals surface area contributed by atoms with Crippen molar-refractivity contribution in [3.05, 3.63) is 41.5 Å². The molecule has 3 atom stereocenters. The molecule has 1 saturated carbocycles. The average molecular weight is 389 g/mol. The van der Waals surface area contributed by atoms with Crippen LogP contribution >= 0.6 is 0 Å². The molecule has 1 saturated heterocycles. The van der Waals surface area contributed by atoms with Gasteiger partial charge < -0.3 is 14.2 Å². The summed E-state index contributed by atoms with van der Waals surface area (Å²) in [5, 5.41) is 5.11. The highest BCUT2D eigenvalue weighted by Gasteiger charge is 2.47. The first-order valence-corrected chi connectivity index (χ1v) is 10.6. The molecule has 150 valence electrons. The second kappa shape index (κ2) is 6.27. The summed E-state index contributed by atoms with van der Waals surface area (Å²) in [4.78, 5) is 2.74. The highest BCUT2D eigenvalue weighted by Crippen LogP contribution is 2.51. The van der Waals surface area contributed by atoms with E-state index in [9.17, 15) is 0 Å². The zero-order valence-electron chi connectivity index (χ0n) is 17.3. The van der Waals surface area contributed by atoms with E-state index in [0.717, 1.165) is 42.0 Å². The molecular formula is C25H27NO3. The molecule has 6 rings (SSSR count). The molecule has 4 heteroatoms. The Labute approximate surface area is 171 Å². The molecular weight excluding hydrogens is 362 g/mol. The molecule has 0 bridgehead atoms. The van der Waals surface area contributed by atoms with E-state index in [0.29, 0.717) is 6.04 Å². The van der Waals surface area contributed by atoms with E-state index in [1.807, 2.05) is 0 Å². The van der Waals surface area contributed by atoms with Crippen LogP contribution in [0.3, 0.4) is 0 Å². The van der Waals surface area contributed by atoms with E-state index < -0.39 is 0 Å². The van der Waals surface area contributed by atoms with E-state index in [4.69, 9.17) is 14.2 Å². The van der Waals surface area contributed by atoms with Crippen molar-refractivity contribution in [1.29, 1.82) is 0 Å². The standard InChI is InChI=1S/C25H27NO3/c1-27-17-4-5-18-20(9-17)22-11-25(29-3)24(28-2)10-21(22)19-8-16-7-14-6-15(14)12-26(16)13-23(18)19/h4-5,9-11,14-16H,6-8,12-13H2,1-3H3/t14?,15?,16-/m1/s1. The van der Waals surface area contributed by atoms with Gasteiger partial charge in [0.05, 0.1) is 21.3 Å². The van der Waals surface area contributed by atoms with Crippen molar-refractivity contribution < 1.29 is 14.2 Å². The number of nitrogens with zero attached hydrogens (tertiary/aromatic N) is 1. The minimum absolute atomic E-state index is 0.679. The maximum Gasteiger partial charge on any atom is 0.161 e. The van der Waals surface area contributed by atoms with Gasteiger partial charge in [-0.2, -0.15) is 0 Å². The molecule has 4 nitrogen and oxygen atoms in total. The van der Waals surface area contributed by atoms with Gasteiger partial charge in [0.2, 0.25) is 0 Å². The molecule has 0 aromatic heterocycles. The van der Waals surface area contributed by atoms with Crippen molar-refractivity contribution in [2.75, 3.05) is 27.9 Å². The SMILES string of the molecule is COc1ccc2c3c(c4cc(OC)c(OC)cc4c2c1)C[C@H]1CC2CC2CN1C3. The lowest BCUT2D eigenvalue weighted by Gasteiger charge is -2.41. The number of piperidine rings is 1. The lowest BCUT2D eigenvalue weighted by molar-refractivity contribution is 0.122. The Bertz CT molecular complexity index is 1140. The van der Waals surface area contributed by atoms with Crippen LogP contribution in [0.2, 0.25) is 0 Å². The summed E-state index contributed by atoms with van der Waals surface area (Å²) in [7, 11) is 5.16. The Morgan fingerprint density at radius 1 is 0.759 bits per heavy atom. The van der Waals surface area contributed by atoms with Crippen molar-refractivity contribution >= 4 is 21.5 Å². The maximum absolute atomic E-state index is 5.66. The van der Waals surface area contributed by atoms with Gasteiger partial charge in [-0.1, -0.05) is 6.07 Å². The first kappa shape index (κ1) is 17.4. The number of methoxy groups -OCH3 is 3. The van der Waals surface area contributed by atoms with Crippen molar-refractivity contribution in [1.82, 2.24) is 4.90 Å². The van der Waals surface area contributed by atoms with Gasteiger partial charge in [0.1, 0.15) is 5.75 Å². The summed E-state index contributed by atoms with van der Waals surface area (Å²) in [5.41, 5.74) is 2.98. The third kappa shape index (κ3) is 2.55. The molecule has 0 spiro atoms. The second-order valence-corrected chi connectivity index (χ2v) is 8.90. The molecule has 2 aliphatic heterocycles. The van der Waals surface area contributed by atoms with Crippen LogP contribution in [0.5, 0.6) is 17.2 Å². The number of hydrogen-bond donors (Lipinski definition) is 0. The third-order valence-electron chi connectivity index (χ3n) is 7.49. The second-order valence-electron chi connectivity index (χ2n) is 8.90. The average Bonchev–Trinajstić information content (AvgIpc) is 3.53. The Hall–Kier alpha value is -2.46. The van der Waals surface area contributed by atoms with Gasteiger partial charge in [0, 0.05) is 19.1 Å². The molecule has 3 aliphatic rings. The van der Waals surface area contributed by atoms with Gasteiger partial charge in [-0.15, -0.1) is 0 Å². The van der Waals surface area contributed by atoms with E-state index in [2.05, 4.69) is 35.2 Å². The van der Waals surface area contributed by atoms with Gasteiger partial charge in [-0.05, 0) is 88.0 Å². The predicted molar refractivity (Wildman–Crippen MR) is 115 cm³/mol. The highest BCUT2D eigenvalue weighted by atomic mass is 16.5. The topological polar surface area (TPSA) is 30.9 Å². The largest absolute Gasteiger partial charge is 0.497 e. The smallest absolute Gasteiger partial charge is 0.161 e. The molecule has 1 aliphatic carbocycles. The van der Waals surface area contributed by atoms with Crippen LogP contribution in [0.1, 0.15) is 24.0 Å². The Balaban J connectivity index is 1.65. The van der Waals surface area contributed by atoms with Gasteiger partial charge in [-0.25, -0.2) is 0 Å². The van der Waals surface area contributed by atoms with Crippen LogP contribution in [-0.2, 0) is 13.0 Å². The first-order chi connectivity index (χ1) is 14.2. The predicted octanol–water partition coefficient (Wildman–Crippen LogP) is 4.79. The summed E-state index contributed by atoms with van der Waals surface area (Å²) >= 11 is 0. The van der Waals surface area contributed by atoms with Crippen molar-refractivity contribution in [3.8, 4) is 17.2 Å². The van der Waals surface area contributed by atoms with Crippen LogP contribution in [0.15, 0.2) is 30.3 Å². The summed E-state index contributed by atoms with van der Waals surface area (Å²) in [5.74, 6) is 4.39. The van der Waals surface area contributed by atoms with Crippen molar-refractivity contribution in [2.24, 2.45) is 11.8 Å². The van der Waals surface area contributed by atoms with Gasteiger partial charge in [0.15, 0.2) is 11.5 Å². The van der Waals surface area contributed by atoms with E-state index in [-0.39, 0.29) is 0 Å². The number of fused-ring (bicyclic) bond motifs is 8. The fraction of sp³-hybridized carbons (Fsp3) is 0.440. The van der Waals surface area contributed by atoms with Crippen LogP contribution in [0.25, 0.3) is 21.5 Å². The summed E-state index contributed by atoms with van der Waals surface area (Å²) < 4.78 is 16.9. The minimum Gasteiger partial charge on any atom is -0.497 e. The quantitative estimate of drug-likeness (QED) is 0.603. The van der Waals surface area contributed by atoms with Crippen molar-refractivity contribution in [2.45, 2.75) is 31.8 Å². The monoisotopic (exact) mass is 389 g/mol. The number of hydrogen-bond acceptors (Lipinski definition) is 4. The lowest BCUT2D eigenvalue weighted by Crippen LogP contribution is -2.44. The highest BCUT2D eigenvalue weighted by molar-refractivity contribution is 6.12. The summed E-state index contributed by atoms with van der Waals surface area (Å²) in [6, 6.07) is 11.5. The normalized spacial score (nSPS) is 25.3. The molecule has 0 radical (unpaired) electrons. The molecule has 0 amide bonds. The number of ether oxygens (including phenoxy) is 3. The zero-order chi connectivity index (χ0) is 19.7. The zero-order valence-corrected chi connectivity index (χ0v) is 17.3. The molecule has 3 aromatic rings. The summed E-state index contributed by atoms with van der Waals surface area (Å²) in [6.45, 7) is 2.33. The fourth-order valence-electron chi connectivity index (χ4n) is 5.84. The lowest BCUT2D eigenvalue weighted by atomic mass is 9.82. The van der Waals surface area contributed by atoms with Crippen LogP contribution in [0.4, 0.5) is 0 Å². The van der Waals surface area contributed by atoms with Crippen molar-refractivity contribution in [3.63, 3.8) is 0 Å². The first-order valence-electron chi connectivity index (χ1n) is 10.6. The van der Waals surface area contributed by atoms with Crippen LogP contribution in [-0.4, -0.2) is 38.8 Å². The van der Waals surface area contributed by atoms with Gasteiger partial charge in [0.25, 0.3) is 0 Å². The van der Waals surface area contributed by atoms with E-state index in [1.165, 1.54) is 52.1 Å².